The quantitative estimate of drug-likeness (QED) is 0.535. The predicted molar refractivity (Wildman–Crippen MR) is 51.1 cm³/mol. The van der Waals surface area contributed by atoms with E-state index in [9.17, 15) is 0 Å². The Morgan fingerprint density at radius 1 is 0.818 bits per heavy atom. The lowest BCUT2D eigenvalue weighted by molar-refractivity contribution is -0.880. The Kier molecular flexibility index (Phi) is 8.03. The van der Waals surface area contributed by atoms with Crippen molar-refractivity contribution >= 4 is 0 Å². The van der Waals surface area contributed by atoms with Crippen LogP contribution in [0, 0.1) is 0 Å². The van der Waals surface area contributed by atoms with Gasteiger partial charge in [0.25, 0.3) is 0 Å². The Morgan fingerprint density at radius 3 is 1.91 bits per heavy atom. The summed E-state index contributed by atoms with van der Waals surface area (Å²) < 4.78 is 0. The fourth-order valence-corrected chi connectivity index (χ4v) is 1.28. The molecular formula is C10H24N+. The molecule has 1 nitrogen and oxygen atoms in total. The summed E-state index contributed by atoms with van der Waals surface area (Å²) in [6.07, 6.45) is 6.89. The van der Waals surface area contributed by atoms with Gasteiger partial charge in [0, 0.05) is 0 Å². The van der Waals surface area contributed by atoms with Crippen molar-refractivity contribution in [2.24, 2.45) is 0 Å². The topological polar surface area (TPSA) is 4.44 Å². The molecule has 11 heavy (non-hydrogen) atoms. The summed E-state index contributed by atoms with van der Waals surface area (Å²) in [6.45, 7) is 7.26. The van der Waals surface area contributed by atoms with Gasteiger partial charge in [-0.25, -0.2) is 0 Å². The van der Waals surface area contributed by atoms with Gasteiger partial charge in [0.15, 0.2) is 0 Å². The normalized spacial score (nSPS) is 13.4. The van der Waals surface area contributed by atoms with Gasteiger partial charge in [0.1, 0.15) is 0 Å². The van der Waals surface area contributed by atoms with Crippen LogP contribution < -0.4 is 4.90 Å². The number of nitrogens with one attached hydrogen (secondary N) is 1. The Morgan fingerprint density at radius 2 is 1.36 bits per heavy atom. The smallest absolute Gasteiger partial charge is 0.0768 e. The van der Waals surface area contributed by atoms with Gasteiger partial charge >= 0.3 is 0 Å². The van der Waals surface area contributed by atoms with Crippen LogP contribution in [0.1, 0.15) is 46.0 Å². The van der Waals surface area contributed by atoms with Gasteiger partial charge in [-0.15, -0.1) is 0 Å². The highest BCUT2D eigenvalue weighted by atomic mass is 15.1. The fourth-order valence-electron chi connectivity index (χ4n) is 1.28. The summed E-state index contributed by atoms with van der Waals surface area (Å²) in [7, 11) is 2.31. The van der Waals surface area contributed by atoms with E-state index in [2.05, 4.69) is 20.9 Å². The van der Waals surface area contributed by atoms with Gasteiger partial charge in [-0.2, -0.15) is 0 Å². The van der Waals surface area contributed by atoms with Gasteiger partial charge < -0.3 is 4.90 Å². The fraction of sp³-hybridized carbons (Fsp3) is 1.00. The number of unbranched alkanes of at least 4 members (excludes halogenated alkanes) is 3. The van der Waals surface area contributed by atoms with Crippen LogP contribution >= 0.6 is 0 Å². The molecule has 0 aliphatic carbocycles. The third kappa shape index (κ3) is 7.86. The lowest BCUT2D eigenvalue weighted by Crippen LogP contribution is -3.09. The van der Waals surface area contributed by atoms with Crippen LogP contribution in [0.2, 0.25) is 0 Å². The molecule has 0 saturated carbocycles. The first kappa shape index (κ1) is 11.0. The second-order valence-corrected chi connectivity index (χ2v) is 3.52. The minimum atomic E-state index is 1.34. The van der Waals surface area contributed by atoms with E-state index in [1.807, 2.05) is 0 Å². The van der Waals surface area contributed by atoms with Gasteiger partial charge in [-0.05, 0) is 19.3 Å². The highest BCUT2D eigenvalue weighted by Gasteiger charge is 1.98. The summed E-state index contributed by atoms with van der Waals surface area (Å²) in [4.78, 5) is 1.71. The lowest BCUT2D eigenvalue weighted by Gasteiger charge is -2.12. The van der Waals surface area contributed by atoms with E-state index < -0.39 is 0 Å². The van der Waals surface area contributed by atoms with E-state index in [0.29, 0.717) is 0 Å². The molecule has 0 aliphatic rings. The van der Waals surface area contributed by atoms with Crippen LogP contribution in [0.15, 0.2) is 0 Å². The first-order valence-electron chi connectivity index (χ1n) is 5.12. The zero-order valence-corrected chi connectivity index (χ0v) is 8.45. The number of rotatable bonds is 7. The van der Waals surface area contributed by atoms with Crippen molar-refractivity contribution in [3.8, 4) is 0 Å². The van der Waals surface area contributed by atoms with Crippen LogP contribution in [0.5, 0.6) is 0 Å². The molecule has 0 heterocycles. The van der Waals surface area contributed by atoms with Crippen LogP contribution in [0.4, 0.5) is 0 Å². The zero-order valence-electron chi connectivity index (χ0n) is 8.45. The third-order valence-electron chi connectivity index (χ3n) is 2.16. The maximum absolute atomic E-state index is 2.31. The summed E-state index contributed by atoms with van der Waals surface area (Å²) in [6, 6.07) is 0. The maximum Gasteiger partial charge on any atom is 0.0768 e. The molecule has 0 aromatic carbocycles. The van der Waals surface area contributed by atoms with Crippen molar-refractivity contribution in [3.05, 3.63) is 0 Å². The Bertz CT molecular complexity index is 71.3. The second kappa shape index (κ2) is 8.06. The molecule has 68 valence electrons. The second-order valence-electron chi connectivity index (χ2n) is 3.52. The summed E-state index contributed by atoms with van der Waals surface area (Å²) in [5, 5.41) is 0. The largest absolute Gasteiger partial charge is 0.337 e. The predicted octanol–water partition coefficient (Wildman–Crippen LogP) is 1.49. The Hall–Kier alpha value is -0.0400. The van der Waals surface area contributed by atoms with Crippen LogP contribution in [-0.4, -0.2) is 20.1 Å². The van der Waals surface area contributed by atoms with Crippen molar-refractivity contribution in [2.75, 3.05) is 20.1 Å². The minimum absolute atomic E-state index is 1.34. The molecule has 0 saturated heterocycles. The average molecular weight is 158 g/mol. The highest BCUT2D eigenvalue weighted by molar-refractivity contribution is 4.34. The van der Waals surface area contributed by atoms with E-state index in [4.69, 9.17) is 0 Å². The summed E-state index contributed by atoms with van der Waals surface area (Å²) in [5.41, 5.74) is 0. The molecule has 0 aliphatic heterocycles. The van der Waals surface area contributed by atoms with Crippen LogP contribution in [0.25, 0.3) is 0 Å². The van der Waals surface area contributed by atoms with Gasteiger partial charge in [0.05, 0.1) is 20.1 Å². The molecule has 1 N–H and O–H groups in total. The molecule has 1 unspecified atom stereocenters. The zero-order chi connectivity index (χ0) is 8.53. The molecule has 1 atom stereocenters. The number of hydrogen-bond donors (Lipinski definition) is 1. The number of quaternary nitrogens is 1. The molecule has 0 radical (unpaired) electrons. The highest BCUT2D eigenvalue weighted by Crippen LogP contribution is 1.89. The molecule has 0 rings (SSSR count). The van der Waals surface area contributed by atoms with Crippen molar-refractivity contribution in [1.82, 2.24) is 0 Å². The molecular weight excluding hydrogens is 134 g/mol. The Balaban J connectivity index is 3.02. The molecule has 0 aromatic heterocycles. The average Bonchev–Trinajstić information content (AvgIpc) is 2.01. The minimum Gasteiger partial charge on any atom is -0.337 e. The van der Waals surface area contributed by atoms with Crippen molar-refractivity contribution in [3.63, 3.8) is 0 Å². The molecule has 0 aromatic rings. The summed E-state index contributed by atoms with van der Waals surface area (Å²) >= 11 is 0. The Labute approximate surface area is 71.8 Å². The SMILES string of the molecule is CCCCC[NH+](C)CCCC. The van der Waals surface area contributed by atoms with E-state index in [1.165, 1.54) is 45.2 Å². The third-order valence-corrected chi connectivity index (χ3v) is 2.16. The van der Waals surface area contributed by atoms with Crippen molar-refractivity contribution < 1.29 is 4.90 Å². The van der Waals surface area contributed by atoms with E-state index >= 15 is 0 Å². The van der Waals surface area contributed by atoms with E-state index in [0.717, 1.165) is 0 Å². The summed E-state index contributed by atoms with van der Waals surface area (Å²) in [5.74, 6) is 0. The molecule has 0 bridgehead atoms. The molecule has 0 spiro atoms. The molecule has 1 heteroatoms. The molecule has 0 amide bonds. The van der Waals surface area contributed by atoms with Crippen molar-refractivity contribution in [1.29, 1.82) is 0 Å². The van der Waals surface area contributed by atoms with E-state index in [-0.39, 0.29) is 0 Å². The van der Waals surface area contributed by atoms with E-state index in [1.54, 1.807) is 4.90 Å². The first-order valence-corrected chi connectivity index (χ1v) is 5.12. The van der Waals surface area contributed by atoms with Crippen LogP contribution in [-0.2, 0) is 0 Å². The van der Waals surface area contributed by atoms with Crippen LogP contribution in [0.3, 0.4) is 0 Å². The van der Waals surface area contributed by atoms with Gasteiger partial charge in [0.2, 0.25) is 0 Å². The molecule has 0 fully saturated rings. The lowest BCUT2D eigenvalue weighted by atomic mass is 10.2. The van der Waals surface area contributed by atoms with Gasteiger partial charge in [-0.3, -0.25) is 0 Å². The first-order chi connectivity index (χ1) is 5.31. The van der Waals surface area contributed by atoms with Gasteiger partial charge in [-0.1, -0.05) is 26.7 Å². The monoisotopic (exact) mass is 158 g/mol. The number of hydrogen-bond acceptors (Lipinski definition) is 0. The standard InChI is InChI=1S/C10H23N/c1-4-6-8-10-11(3)9-7-5-2/h4-10H2,1-3H3/p+1. The van der Waals surface area contributed by atoms with Crippen molar-refractivity contribution in [2.45, 2.75) is 46.0 Å². The maximum atomic E-state index is 2.31.